The van der Waals surface area contributed by atoms with Crippen LogP contribution < -0.4 is 14.8 Å². The third-order valence-corrected chi connectivity index (χ3v) is 5.39. The molecule has 9 heteroatoms. The summed E-state index contributed by atoms with van der Waals surface area (Å²) < 4.78 is 37.1. The van der Waals surface area contributed by atoms with Crippen molar-refractivity contribution in [2.45, 2.75) is 31.7 Å². The molecule has 0 saturated carbocycles. The molecule has 156 valence electrons. The summed E-state index contributed by atoms with van der Waals surface area (Å²) in [7, 11) is -2.27. The summed E-state index contributed by atoms with van der Waals surface area (Å²) in [6.07, 6.45) is 0. The zero-order valence-corrected chi connectivity index (χ0v) is 17.5. The molecule has 0 aliphatic carbocycles. The lowest BCUT2D eigenvalue weighted by atomic mass is 10.2. The molecule has 1 amide bonds. The first-order chi connectivity index (χ1) is 13.6. The van der Waals surface area contributed by atoms with Crippen molar-refractivity contribution in [1.82, 2.24) is 4.72 Å². The van der Waals surface area contributed by atoms with E-state index < -0.39 is 28.5 Å². The zero-order chi connectivity index (χ0) is 21.6. The van der Waals surface area contributed by atoms with Gasteiger partial charge in [-0.25, -0.2) is 17.9 Å². The molecule has 0 unspecified atom stereocenters. The number of aryl methyl sites for hydroxylation is 1. The molecule has 8 nitrogen and oxygen atoms in total. The maximum Gasteiger partial charge on any atom is 0.338 e. The first-order valence-corrected chi connectivity index (χ1v) is 10.3. The number of carbonyl (C=O) groups is 2. The predicted octanol–water partition coefficient (Wildman–Crippen LogP) is 2.49. The molecule has 0 saturated heterocycles. The largest absolute Gasteiger partial charge is 0.495 e. The number of ether oxygens (including phenoxy) is 2. The number of hydrogen-bond donors (Lipinski definition) is 2. The Kier molecular flexibility index (Phi) is 7.35. The monoisotopic (exact) mass is 420 g/mol. The molecule has 0 bridgehead atoms. The molecule has 0 spiro atoms. The lowest BCUT2D eigenvalue weighted by molar-refractivity contribution is -0.119. The van der Waals surface area contributed by atoms with Gasteiger partial charge in [-0.2, -0.15) is 0 Å². The van der Waals surface area contributed by atoms with E-state index >= 15 is 0 Å². The quantitative estimate of drug-likeness (QED) is 0.635. The van der Waals surface area contributed by atoms with E-state index in [-0.39, 0.29) is 16.5 Å². The van der Waals surface area contributed by atoms with Gasteiger partial charge in [0.15, 0.2) is 6.61 Å². The highest BCUT2D eigenvalue weighted by molar-refractivity contribution is 7.89. The maximum absolute atomic E-state index is 12.2. The standard InChI is InChI=1S/C20H24N2O6S/c1-13(2)22-29(25,26)16-7-5-6-15(11-16)20(24)28-12-19(23)21-17-10-14(3)8-9-18(17)27-4/h5-11,13,22H,12H2,1-4H3,(H,21,23). The maximum atomic E-state index is 12.2. The Morgan fingerprint density at radius 1 is 1.10 bits per heavy atom. The minimum atomic E-state index is -3.75. The first-order valence-electron chi connectivity index (χ1n) is 8.86. The van der Waals surface area contributed by atoms with Crippen molar-refractivity contribution >= 4 is 27.6 Å². The van der Waals surface area contributed by atoms with Crippen LogP contribution in [-0.2, 0) is 19.6 Å². The van der Waals surface area contributed by atoms with E-state index in [2.05, 4.69) is 10.0 Å². The van der Waals surface area contributed by atoms with Crippen LogP contribution in [0.25, 0.3) is 0 Å². The summed E-state index contributed by atoms with van der Waals surface area (Å²) in [6.45, 7) is 4.72. The smallest absolute Gasteiger partial charge is 0.338 e. The van der Waals surface area contributed by atoms with Gasteiger partial charge in [-0.05, 0) is 56.7 Å². The Morgan fingerprint density at radius 2 is 1.83 bits per heavy atom. The second-order valence-electron chi connectivity index (χ2n) is 6.63. The van der Waals surface area contributed by atoms with Crippen molar-refractivity contribution in [3.63, 3.8) is 0 Å². The number of anilines is 1. The van der Waals surface area contributed by atoms with Gasteiger partial charge in [0.1, 0.15) is 5.75 Å². The van der Waals surface area contributed by atoms with Crippen LogP contribution in [0.1, 0.15) is 29.8 Å². The van der Waals surface area contributed by atoms with Crippen molar-refractivity contribution in [2.24, 2.45) is 0 Å². The average molecular weight is 420 g/mol. The number of rotatable bonds is 8. The van der Waals surface area contributed by atoms with E-state index in [0.717, 1.165) is 5.56 Å². The van der Waals surface area contributed by atoms with Crippen LogP contribution in [-0.4, -0.2) is 40.1 Å². The molecular formula is C20H24N2O6S. The summed E-state index contributed by atoms with van der Waals surface area (Å²) in [6, 6.07) is 10.4. The lowest BCUT2D eigenvalue weighted by Gasteiger charge is -2.12. The lowest BCUT2D eigenvalue weighted by Crippen LogP contribution is -2.30. The summed E-state index contributed by atoms with van der Waals surface area (Å²) in [4.78, 5) is 24.3. The fourth-order valence-corrected chi connectivity index (χ4v) is 3.79. The molecule has 0 fully saturated rings. The van der Waals surface area contributed by atoms with E-state index in [1.165, 1.54) is 31.4 Å². The minimum absolute atomic E-state index is 0.0255. The van der Waals surface area contributed by atoms with Crippen molar-refractivity contribution in [3.05, 3.63) is 53.6 Å². The van der Waals surface area contributed by atoms with E-state index in [1.807, 2.05) is 13.0 Å². The van der Waals surface area contributed by atoms with Crippen molar-refractivity contribution in [1.29, 1.82) is 0 Å². The zero-order valence-electron chi connectivity index (χ0n) is 16.7. The normalized spacial score (nSPS) is 11.2. The van der Waals surface area contributed by atoms with Gasteiger partial charge in [0.05, 0.1) is 23.3 Å². The summed E-state index contributed by atoms with van der Waals surface area (Å²) in [5.41, 5.74) is 1.41. The third kappa shape index (κ3) is 6.30. The predicted molar refractivity (Wildman–Crippen MR) is 109 cm³/mol. The number of hydrogen-bond acceptors (Lipinski definition) is 6. The van der Waals surface area contributed by atoms with Crippen LogP contribution >= 0.6 is 0 Å². The summed E-state index contributed by atoms with van der Waals surface area (Å²) in [5, 5.41) is 2.62. The SMILES string of the molecule is COc1ccc(C)cc1NC(=O)COC(=O)c1cccc(S(=O)(=O)NC(C)C)c1. The summed E-state index contributed by atoms with van der Waals surface area (Å²) in [5.74, 6) is -0.878. The van der Waals surface area contributed by atoms with Crippen LogP contribution in [0.5, 0.6) is 5.75 Å². The minimum Gasteiger partial charge on any atom is -0.495 e. The Hall–Kier alpha value is -2.91. The highest BCUT2D eigenvalue weighted by Crippen LogP contribution is 2.25. The van der Waals surface area contributed by atoms with Crippen molar-refractivity contribution in [2.75, 3.05) is 19.0 Å². The van der Waals surface area contributed by atoms with Gasteiger partial charge in [0.25, 0.3) is 5.91 Å². The average Bonchev–Trinajstić information content (AvgIpc) is 2.65. The Morgan fingerprint density at radius 3 is 2.48 bits per heavy atom. The van der Waals surface area contributed by atoms with Gasteiger partial charge in [-0.1, -0.05) is 12.1 Å². The van der Waals surface area contributed by atoms with Gasteiger partial charge in [0.2, 0.25) is 10.0 Å². The van der Waals surface area contributed by atoms with Crippen LogP contribution in [0.2, 0.25) is 0 Å². The molecule has 0 aliphatic rings. The van der Waals surface area contributed by atoms with E-state index in [0.29, 0.717) is 11.4 Å². The van der Waals surface area contributed by atoms with Crippen LogP contribution in [0.15, 0.2) is 47.4 Å². The molecule has 0 radical (unpaired) electrons. The molecule has 0 atom stereocenters. The molecule has 0 aliphatic heterocycles. The first kappa shape index (κ1) is 22.4. The summed E-state index contributed by atoms with van der Waals surface area (Å²) >= 11 is 0. The van der Waals surface area contributed by atoms with Crippen molar-refractivity contribution in [3.8, 4) is 5.75 Å². The molecule has 0 heterocycles. The fraction of sp³-hybridized carbons (Fsp3) is 0.300. The molecule has 0 aromatic heterocycles. The van der Waals surface area contributed by atoms with Gasteiger partial charge in [-0.15, -0.1) is 0 Å². The Labute approximate surface area is 170 Å². The number of nitrogens with one attached hydrogen (secondary N) is 2. The fourth-order valence-electron chi connectivity index (χ4n) is 2.49. The van der Waals surface area contributed by atoms with E-state index in [1.54, 1.807) is 26.0 Å². The van der Waals surface area contributed by atoms with E-state index in [9.17, 15) is 18.0 Å². The molecule has 2 rings (SSSR count). The molecule has 2 aromatic carbocycles. The van der Waals surface area contributed by atoms with Crippen LogP contribution in [0, 0.1) is 6.92 Å². The van der Waals surface area contributed by atoms with Gasteiger partial charge < -0.3 is 14.8 Å². The Bertz CT molecular complexity index is 1000. The van der Waals surface area contributed by atoms with Gasteiger partial charge in [-0.3, -0.25) is 4.79 Å². The number of benzene rings is 2. The Balaban J connectivity index is 2.03. The number of carbonyl (C=O) groups excluding carboxylic acids is 2. The molecular weight excluding hydrogens is 396 g/mol. The van der Waals surface area contributed by atoms with Crippen LogP contribution in [0.3, 0.4) is 0 Å². The molecule has 29 heavy (non-hydrogen) atoms. The highest BCUT2D eigenvalue weighted by atomic mass is 32.2. The third-order valence-electron chi connectivity index (χ3n) is 3.73. The molecule has 2 aromatic rings. The van der Waals surface area contributed by atoms with E-state index in [4.69, 9.17) is 9.47 Å². The number of amides is 1. The van der Waals surface area contributed by atoms with Crippen molar-refractivity contribution < 1.29 is 27.5 Å². The number of esters is 1. The highest BCUT2D eigenvalue weighted by Gasteiger charge is 2.18. The van der Waals surface area contributed by atoms with Crippen LogP contribution in [0.4, 0.5) is 5.69 Å². The molecule has 2 N–H and O–H groups in total. The number of methoxy groups -OCH3 is 1. The second-order valence-corrected chi connectivity index (χ2v) is 8.35. The van der Waals surface area contributed by atoms with Gasteiger partial charge >= 0.3 is 5.97 Å². The second kappa shape index (κ2) is 9.53. The number of sulfonamides is 1. The topological polar surface area (TPSA) is 111 Å². The van der Waals surface area contributed by atoms with Gasteiger partial charge in [0, 0.05) is 6.04 Å².